The van der Waals surface area contributed by atoms with Crippen molar-refractivity contribution in [3.8, 4) is 28.4 Å². The molecule has 3 aromatic rings. The molecule has 0 aliphatic heterocycles. The molecule has 5 nitrogen and oxygen atoms in total. The molecule has 0 aliphatic rings. The first kappa shape index (κ1) is 12.1. The van der Waals surface area contributed by atoms with E-state index in [1.807, 2.05) is 0 Å². The maximum absolute atomic E-state index is 12.0. The van der Waals surface area contributed by atoms with E-state index in [-0.39, 0.29) is 28.4 Å². The van der Waals surface area contributed by atoms with Crippen LogP contribution in [0.25, 0.3) is 22.1 Å². The largest absolute Gasteiger partial charge is 0.508 e. The van der Waals surface area contributed by atoms with Crippen molar-refractivity contribution in [3.63, 3.8) is 0 Å². The number of phenolic OH excluding ortho intramolecular Hbond substituents is 3. The summed E-state index contributed by atoms with van der Waals surface area (Å²) in [5.74, 6) is -0.356. The summed E-state index contributed by atoms with van der Waals surface area (Å²) in [6, 6.07) is 10.0. The molecular formula is C15H10O5. The molecule has 3 rings (SSSR count). The maximum Gasteiger partial charge on any atom is 0.344 e. The lowest BCUT2D eigenvalue weighted by molar-refractivity contribution is 0.451. The van der Waals surface area contributed by atoms with Crippen LogP contribution in [0.5, 0.6) is 17.2 Å². The summed E-state index contributed by atoms with van der Waals surface area (Å²) in [4.78, 5) is 12.0. The summed E-state index contributed by atoms with van der Waals surface area (Å²) >= 11 is 0. The van der Waals surface area contributed by atoms with E-state index in [4.69, 9.17) is 4.42 Å². The molecule has 0 unspecified atom stereocenters. The zero-order valence-corrected chi connectivity index (χ0v) is 10.2. The van der Waals surface area contributed by atoms with Crippen molar-refractivity contribution >= 4 is 11.0 Å². The summed E-state index contributed by atoms with van der Waals surface area (Å²) in [6.45, 7) is 0. The van der Waals surface area contributed by atoms with Gasteiger partial charge in [-0.15, -0.1) is 0 Å². The van der Waals surface area contributed by atoms with Gasteiger partial charge >= 0.3 is 5.63 Å². The van der Waals surface area contributed by atoms with Gasteiger partial charge in [0.25, 0.3) is 0 Å². The number of aromatic hydroxyl groups is 3. The monoisotopic (exact) mass is 270 g/mol. The van der Waals surface area contributed by atoms with Gasteiger partial charge in [-0.1, -0.05) is 12.1 Å². The van der Waals surface area contributed by atoms with Crippen LogP contribution in [0.4, 0.5) is 0 Å². The standard InChI is InChI=1S/C15H10O5/c16-9-3-1-2-8(4-9)11-7-12-13(18)5-10(17)6-14(12)20-15(11)19/h1-7,16-18H. The highest BCUT2D eigenvalue weighted by molar-refractivity contribution is 5.88. The number of rotatable bonds is 1. The second-order valence-electron chi connectivity index (χ2n) is 4.37. The third kappa shape index (κ3) is 1.95. The highest BCUT2D eigenvalue weighted by Crippen LogP contribution is 2.31. The van der Waals surface area contributed by atoms with E-state index in [0.717, 1.165) is 6.07 Å². The number of hydrogen-bond donors (Lipinski definition) is 3. The lowest BCUT2D eigenvalue weighted by Crippen LogP contribution is -2.02. The van der Waals surface area contributed by atoms with Gasteiger partial charge in [0.15, 0.2) is 0 Å². The first-order valence-corrected chi connectivity index (χ1v) is 5.84. The van der Waals surface area contributed by atoms with Crippen molar-refractivity contribution < 1.29 is 19.7 Å². The first-order valence-electron chi connectivity index (χ1n) is 5.84. The fourth-order valence-corrected chi connectivity index (χ4v) is 2.06. The average Bonchev–Trinajstić information content (AvgIpc) is 2.37. The van der Waals surface area contributed by atoms with Crippen LogP contribution in [-0.2, 0) is 0 Å². The van der Waals surface area contributed by atoms with E-state index in [0.29, 0.717) is 10.9 Å². The average molecular weight is 270 g/mol. The summed E-state index contributed by atoms with van der Waals surface area (Å²) in [7, 11) is 0. The molecule has 0 amide bonds. The number of fused-ring (bicyclic) bond motifs is 1. The van der Waals surface area contributed by atoms with Gasteiger partial charge in [-0.05, 0) is 23.8 Å². The molecule has 0 fully saturated rings. The Kier molecular flexibility index (Phi) is 2.61. The molecule has 1 aromatic heterocycles. The molecule has 100 valence electrons. The zero-order valence-electron chi connectivity index (χ0n) is 10.2. The van der Waals surface area contributed by atoms with Crippen molar-refractivity contribution in [1.82, 2.24) is 0 Å². The number of phenols is 3. The molecule has 0 saturated carbocycles. The second-order valence-corrected chi connectivity index (χ2v) is 4.37. The van der Waals surface area contributed by atoms with Gasteiger partial charge in [0.05, 0.1) is 10.9 Å². The van der Waals surface area contributed by atoms with Gasteiger partial charge < -0.3 is 19.7 Å². The molecule has 0 atom stereocenters. The third-order valence-corrected chi connectivity index (χ3v) is 2.97. The Morgan fingerprint density at radius 1 is 0.900 bits per heavy atom. The summed E-state index contributed by atoms with van der Waals surface area (Å²) in [6.07, 6.45) is 0. The predicted octanol–water partition coefficient (Wildman–Crippen LogP) is 2.58. The van der Waals surface area contributed by atoms with Gasteiger partial charge in [0.2, 0.25) is 0 Å². The van der Waals surface area contributed by atoms with Crippen LogP contribution in [0.15, 0.2) is 51.7 Å². The van der Waals surface area contributed by atoms with Gasteiger partial charge in [-0.2, -0.15) is 0 Å². The van der Waals surface area contributed by atoms with Crippen molar-refractivity contribution in [3.05, 3.63) is 52.9 Å². The Bertz CT molecular complexity index is 864. The molecule has 20 heavy (non-hydrogen) atoms. The van der Waals surface area contributed by atoms with Crippen LogP contribution < -0.4 is 5.63 Å². The minimum Gasteiger partial charge on any atom is -0.508 e. The highest BCUT2D eigenvalue weighted by Gasteiger charge is 2.11. The molecule has 1 heterocycles. The topological polar surface area (TPSA) is 90.9 Å². The first-order chi connectivity index (χ1) is 9.54. The molecule has 2 aromatic carbocycles. The van der Waals surface area contributed by atoms with E-state index in [1.54, 1.807) is 12.1 Å². The lowest BCUT2D eigenvalue weighted by Gasteiger charge is -2.05. The quantitative estimate of drug-likeness (QED) is 0.591. The van der Waals surface area contributed by atoms with Crippen LogP contribution in [0.2, 0.25) is 0 Å². The Balaban J connectivity index is 2.33. The molecule has 0 spiro atoms. The van der Waals surface area contributed by atoms with Crippen molar-refractivity contribution in [2.24, 2.45) is 0 Å². The number of hydrogen-bond acceptors (Lipinski definition) is 5. The Labute approximate surface area is 113 Å². The van der Waals surface area contributed by atoms with Gasteiger partial charge in [0.1, 0.15) is 22.8 Å². The molecule has 0 bridgehead atoms. The van der Waals surface area contributed by atoms with Crippen LogP contribution in [-0.4, -0.2) is 15.3 Å². The minimum atomic E-state index is -0.617. The number of benzene rings is 2. The summed E-state index contributed by atoms with van der Waals surface area (Å²) in [5.41, 5.74) is 0.173. The molecule has 5 heteroatoms. The van der Waals surface area contributed by atoms with E-state index in [2.05, 4.69) is 0 Å². The van der Waals surface area contributed by atoms with Crippen molar-refractivity contribution in [2.45, 2.75) is 0 Å². The van der Waals surface area contributed by atoms with E-state index in [1.165, 1.54) is 24.3 Å². The van der Waals surface area contributed by atoms with E-state index in [9.17, 15) is 20.1 Å². The van der Waals surface area contributed by atoms with Gasteiger partial charge in [-0.25, -0.2) is 4.79 Å². The second kappa shape index (κ2) is 4.31. The maximum atomic E-state index is 12.0. The fourth-order valence-electron chi connectivity index (χ4n) is 2.06. The smallest absolute Gasteiger partial charge is 0.344 e. The van der Waals surface area contributed by atoms with Crippen LogP contribution in [0.1, 0.15) is 0 Å². The molecule has 0 aliphatic carbocycles. The van der Waals surface area contributed by atoms with Gasteiger partial charge in [-0.3, -0.25) is 0 Å². The van der Waals surface area contributed by atoms with Gasteiger partial charge in [0, 0.05) is 12.1 Å². The SMILES string of the molecule is O=c1oc2cc(O)cc(O)c2cc1-c1cccc(O)c1. The van der Waals surface area contributed by atoms with E-state index < -0.39 is 5.63 Å². The molecule has 0 saturated heterocycles. The summed E-state index contributed by atoms with van der Waals surface area (Å²) in [5, 5.41) is 28.9. The normalized spacial score (nSPS) is 10.8. The third-order valence-electron chi connectivity index (χ3n) is 2.97. The summed E-state index contributed by atoms with van der Waals surface area (Å²) < 4.78 is 5.09. The minimum absolute atomic E-state index is 0.0249. The fraction of sp³-hybridized carbons (Fsp3) is 0. The highest BCUT2D eigenvalue weighted by atomic mass is 16.4. The van der Waals surface area contributed by atoms with E-state index >= 15 is 0 Å². The van der Waals surface area contributed by atoms with Crippen LogP contribution >= 0.6 is 0 Å². The lowest BCUT2D eigenvalue weighted by atomic mass is 10.1. The molecule has 0 radical (unpaired) electrons. The van der Waals surface area contributed by atoms with Crippen molar-refractivity contribution in [2.75, 3.05) is 0 Å². The Hall–Kier alpha value is -2.95. The Morgan fingerprint density at radius 2 is 1.70 bits per heavy atom. The Morgan fingerprint density at radius 3 is 2.45 bits per heavy atom. The van der Waals surface area contributed by atoms with Crippen molar-refractivity contribution in [1.29, 1.82) is 0 Å². The zero-order chi connectivity index (χ0) is 14.3. The van der Waals surface area contributed by atoms with Crippen LogP contribution in [0.3, 0.4) is 0 Å². The molecular weight excluding hydrogens is 260 g/mol. The molecule has 3 N–H and O–H groups in total. The predicted molar refractivity (Wildman–Crippen MR) is 72.9 cm³/mol. The van der Waals surface area contributed by atoms with Crippen LogP contribution in [0, 0.1) is 0 Å².